The van der Waals surface area contributed by atoms with Gasteiger partial charge in [0.2, 0.25) is 0 Å². The maximum Gasteiger partial charge on any atom is 0.260 e. The molecule has 1 fully saturated rings. The minimum absolute atomic E-state index is 0.0163. The van der Waals surface area contributed by atoms with Gasteiger partial charge in [-0.25, -0.2) is 0 Å². The highest BCUT2D eigenvalue weighted by molar-refractivity contribution is 5.77. The van der Waals surface area contributed by atoms with Crippen molar-refractivity contribution in [3.8, 4) is 11.5 Å². The van der Waals surface area contributed by atoms with Crippen LogP contribution in [0.2, 0.25) is 0 Å². The summed E-state index contributed by atoms with van der Waals surface area (Å²) in [6.45, 7) is 1.56. The first kappa shape index (κ1) is 16.6. The van der Waals surface area contributed by atoms with E-state index in [1.165, 1.54) is 6.42 Å². The number of amides is 1. The Hall–Kier alpha value is -1.75. The van der Waals surface area contributed by atoms with Crippen LogP contribution in [0.25, 0.3) is 0 Å². The maximum absolute atomic E-state index is 12.1. The van der Waals surface area contributed by atoms with Crippen molar-refractivity contribution >= 4 is 5.91 Å². The second-order valence-electron chi connectivity index (χ2n) is 5.53. The monoisotopic (exact) mass is 307 g/mol. The lowest BCUT2D eigenvalue weighted by atomic mass is 10.1. The van der Waals surface area contributed by atoms with Gasteiger partial charge in [-0.3, -0.25) is 4.79 Å². The highest BCUT2D eigenvalue weighted by Crippen LogP contribution is 2.25. The summed E-state index contributed by atoms with van der Waals surface area (Å²) in [6.07, 6.45) is 4.65. The van der Waals surface area contributed by atoms with E-state index >= 15 is 0 Å². The molecule has 1 heterocycles. The number of methoxy groups -OCH3 is 1. The number of nitrogens with zero attached hydrogens (tertiary/aromatic N) is 1. The van der Waals surface area contributed by atoms with Crippen molar-refractivity contribution in [2.24, 2.45) is 0 Å². The molecule has 2 rings (SSSR count). The largest absolute Gasteiger partial charge is 0.493 e. The summed E-state index contributed by atoms with van der Waals surface area (Å²) in [6, 6.07) is 7.32. The van der Waals surface area contributed by atoms with Crippen LogP contribution in [0.5, 0.6) is 11.5 Å². The Balaban J connectivity index is 1.73. The van der Waals surface area contributed by atoms with Gasteiger partial charge >= 0.3 is 0 Å². The molecule has 122 valence electrons. The van der Waals surface area contributed by atoms with Crippen molar-refractivity contribution in [2.45, 2.75) is 31.8 Å². The second-order valence-corrected chi connectivity index (χ2v) is 5.53. The number of ether oxygens (including phenoxy) is 3. The second kappa shape index (κ2) is 8.63. The molecule has 22 heavy (non-hydrogen) atoms. The molecule has 5 nitrogen and oxygen atoms in total. The molecule has 1 aliphatic heterocycles. The zero-order chi connectivity index (χ0) is 15.8. The van der Waals surface area contributed by atoms with Gasteiger partial charge in [0.25, 0.3) is 5.91 Å². The van der Waals surface area contributed by atoms with Gasteiger partial charge in [-0.1, -0.05) is 12.1 Å². The normalized spacial score (nSPS) is 17.8. The number of hydrogen-bond acceptors (Lipinski definition) is 4. The average Bonchev–Trinajstić information content (AvgIpc) is 2.58. The van der Waals surface area contributed by atoms with Crippen LogP contribution in [0.1, 0.15) is 25.7 Å². The third-order valence-corrected chi connectivity index (χ3v) is 3.91. The molecule has 1 unspecified atom stereocenters. The SMILES string of the molecule is COc1ccccc1OCC(=O)N(C)CCC1CCCCO1. The summed E-state index contributed by atoms with van der Waals surface area (Å²) < 4.78 is 16.4. The Kier molecular flexibility index (Phi) is 6.52. The number of carbonyl (C=O) groups excluding carboxylic acids is 1. The first-order valence-electron chi connectivity index (χ1n) is 7.82. The van der Waals surface area contributed by atoms with E-state index in [1.807, 2.05) is 18.2 Å². The molecule has 0 N–H and O–H groups in total. The average molecular weight is 307 g/mol. The first-order valence-corrected chi connectivity index (χ1v) is 7.82. The van der Waals surface area contributed by atoms with Crippen LogP contribution < -0.4 is 9.47 Å². The van der Waals surface area contributed by atoms with Gasteiger partial charge in [0, 0.05) is 20.2 Å². The minimum Gasteiger partial charge on any atom is -0.493 e. The zero-order valence-corrected chi connectivity index (χ0v) is 13.4. The van der Waals surface area contributed by atoms with Crippen LogP contribution in [-0.4, -0.2) is 50.8 Å². The van der Waals surface area contributed by atoms with Crippen LogP contribution in [0.15, 0.2) is 24.3 Å². The smallest absolute Gasteiger partial charge is 0.260 e. The molecular formula is C17H25NO4. The molecule has 1 amide bonds. The molecule has 5 heteroatoms. The van der Waals surface area contributed by atoms with Crippen molar-refractivity contribution < 1.29 is 19.0 Å². The molecule has 1 atom stereocenters. The van der Waals surface area contributed by atoms with E-state index < -0.39 is 0 Å². The van der Waals surface area contributed by atoms with Gasteiger partial charge in [0.15, 0.2) is 18.1 Å². The highest BCUT2D eigenvalue weighted by Gasteiger charge is 2.17. The van der Waals surface area contributed by atoms with E-state index in [1.54, 1.807) is 25.1 Å². The van der Waals surface area contributed by atoms with Crippen LogP contribution in [0, 0.1) is 0 Å². The molecular weight excluding hydrogens is 282 g/mol. The van der Waals surface area contributed by atoms with Crippen LogP contribution in [-0.2, 0) is 9.53 Å². The third-order valence-electron chi connectivity index (χ3n) is 3.91. The zero-order valence-electron chi connectivity index (χ0n) is 13.4. The summed E-state index contributed by atoms with van der Waals surface area (Å²) in [7, 11) is 3.39. The fourth-order valence-electron chi connectivity index (χ4n) is 2.49. The summed E-state index contributed by atoms with van der Waals surface area (Å²) >= 11 is 0. The van der Waals surface area contributed by atoms with Gasteiger partial charge in [0.1, 0.15) is 0 Å². The van der Waals surface area contributed by atoms with Crippen LogP contribution in [0.3, 0.4) is 0 Å². The van der Waals surface area contributed by atoms with E-state index in [0.717, 1.165) is 25.9 Å². The van der Waals surface area contributed by atoms with Gasteiger partial charge in [-0.15, -0.1) is 0 Å². The standard InChI is InChI=1S/C17H25NO4/c1-18(11-10-14-7-5-6-12-21-14)17(19)13-22-16-9-4-3-8-15(16)20-2/h3-4,8-9,14H,5-7,10-13H2,1-2H3. The molecule has 1 aromatic carbocycles. The number of carbonyl (C=O) groups is 1. The molecule has 0 saturated carbocycles. The molecule has 0 aromatic heterocycles. The summed E-state index contributed by atoms with van der Waals surface area (Å²) in [5.74, 6) is 1.18. The number of rotatable bonds is 7. The maximum atomic E-state index is 12.1. The molecule has 0 bridgehead atoms. The van der Waals surface area contributed by atoms with Crippen molar-refractivity contribution in [3.63, 3.8) is 0 Å². The molecule has 0 aliphatic carbocycles. The lowest BCUT2D eigenvalue weighted by molar-refractivity contribution is -0.132. The van der Waals surface area contributed by atoms with Gasteiger partial charge in [-0.05, 0) is 37.8 Å². The van der Waals surface area contributed by atoms with E-state index in [0.29, 0.717) is 24.1 Å². The van der Waals surface area contributed by atoms with E-state index in [4.69, 9.17) is 14.2 Å². The van der Waals surface area contributed by atoms with E-state index in [-0.39, 0.29) is 12.5 Å². The molecule has 0 radical (unpaired) electrons. The number of benzene rings is 1. The van der Waals surface area contributed by atoms with Gasteiger partial charge in [-0.2, -0.15) is 0 Å². The number of likely N-dealkylation sites (N-methyl/N-ethyl adjacent to an activating group) is 1. The minimum atomic E-state index is -0.0401. The number of hydrogen-bond donors (Lipinski definition) is 0. The van der Waals surface area contributed by atoms with Crippen molar-refractivity contribution in [2.75, 3.05) is 33.9 Å². The Bertz CT molecular complexity index is 471. The Morgan fingerprint density at radius 1 is 1.32 bits per heavy atom. The van der Waals surface area contributed by atoms with Crippen molar-refractivity contribution in [1.82, 2.24) is 4.90 Å². The fraction of sp³-hybridized carbons (Fsp3) is 0.588. The fourth-order valence-corrected chi connectivity index (χ4v) is 2.49. The summed E-state index contributed by atoms with van der Waals surface area (Å²) in [4.78, 5) is 13.8. The Morgan fingerprint density at radius 3 is 2.77 bits per heavy atom. The quantitative estimate of drug-likeness (QED) is 0.776. The third kappa shape index (κ3) is 4.91. The van der Waals surface area contributed by atoms with Crippen LogP contribution >= 0.6 is 0 Å². The predicted molar refractivity (Wildman–Crippen MR) is 84.3 cm³/mol. The van der Waals surface area contributed by atoms with E-state index in [2.05, 4.69) is 0 Å². The van der Waals surface area contributed by atoms with E-state index in [9.17, 15) is 4.79 Å². The highest BCUT2D eigenvalue weighted by atomic mass is 16.5. The predicted octanol–water partition coefficient (Wildman–Crippen LogP) is 2.49. The Morgan fingerprint density at radius 2 is 2.09 bits per heavy atom. The van der Waals surface area contributed by atoms with Gasteiger partial charge in [0.05, 0.1) is 13.2 Å². The lowest BCUT2D eigenvalue weighted by Crippen LogP contribution is -2.34. The molecule has 0 spiro atoms. The number of para-hydroxylation sites is 2. The van der Waals surface area contributed by atoms with Crippen LogP contribution in [0.4, 0.5) is 0 Å². The first-order chi connectivity index (χ1) is 10.7. The summed E-state index contributed by atoms with van der Waals surface area (Å²) in [5.41, 5.74) is 0. The lowest BCUT2D eigenvalue weighted by Gasteiger charge is -2.25. The van der Waals surface area contributed by atoms with Crippen molar-refractivity contribution in [1.29, 1.82) is 0 Å². The molecule has 1 aromatic rings. The molecule has 1 saturated heterocycles. The summed E-state index contributed by atoms with van der Waals surface area (Å²) in [5, 5.41) is 0. The van der Waals surface area contributed by atoms with Gasteiger partial charge < -0.3 is 19.1 Å². The van der Waals surface area contributed by atoms with Crippen molar-refractivity contribution in [3.05, 3.63) is 24.3 Å². The Labute approximate surface area is 132 Å². The molecule has 1 aliphatic rings. The topological polar surface area (TPSA) is 48.0 Å².